The van der Waals surface area contributed by atoms with Crippen LogP contribution in [0, 0.1) is 16.7 Å². The number of hydrogen-bond donors (Lipinski definition) is 2. The molecule has 4 rings (SSSR count). The fourth-order valence-electron chi connectivity index (χ4n) is 5.35. The fraction of sp³-hybridized carbons (Fsp3) is 0.565. The van der Waals surface area contributed by atoms with Gasteiger partial charge in [0, 0.05) is 12.5 Å². The smallest absolute Gasteiger partial charge is 0.306 e. The van der Waals surface area contributed by atoms with Crippen molar-refractivity contribution in [3.05, 3.63) is 40.4 Å². The molecule has 2 N–H and O–H groups in total. The zero-order valence-electron chi connectivity index (χ0n) is 17.8. The van der Waals surface area contributed by atoms with Crippen LogP contribution in [0.5, 0.6) is 0 Å². The highest BCUT2D eigenvalue weighted by molar-refractivity contribution is 5.81. The van der Waals surface area contributed by atoms with Crippen molar-refractivity contribution < 1.29 is 14.3 Å². The SMILES string of the molecule is CC1(C)[C@H]2CC[C@@]1(C)[C@H](NC(=O)COC(=O)CCc1nc3ccccc3c(=O)[nH]1)C2. The largest absolute Gasteiger partial charge is 0.456 e. The molecule has 2 aromatic rings. The van der Waals surface area contributed by atoms with Crippen LogP contribution in [-0.2, 0) is 20.7 Å². The molecule has 7 heteroatoms. The molecule has 30 heavy (non-hydrogen) atoms. The van der Waals surface area contributed by atoms with Crippen LogP contribution >= 0.6 is 0 Å². The first-order chi connectivity index (χ1) is 14.2. The van der Waals surface area contributed by atoms with Gasteiger partial charge in [-0.2, -0.15) is 0 Å². The number of esters is 1. The Morgan fingerprint density at radius 2 is 2.03 bits per heavy atom. The van der Waals surface area contributed by atoms with Gasteiger partial charge in [-0.15, -0.1) is 0 Å². The summed E-state index contributed by atoms with van der Waals surface area (Å²) in [6.07, 6.45) is 3.62. The van der Waals surface area contributed by atoms with E-state index in [0.29, 0.717) is 22.6 Å². The topological polar surface area (TPSA) is 101 Å². The summed E-state index contributed by atoms with van der Waals surface area (Å²) in [5, 5.41) is 3.60. The van der Waals surface area contributed by atoms with Crippen LogP contribution in [-0.4, -0.2) is 34.5 Å². The van der Waals surface area contributed by atoms with E-state index in [-0.39, 0.29) is 47.8 Å². The molecular weight excluding hydrogens is 382 g/mol. The molecule has 0 spiro atoms. The third-order valence-electron chi connectivity index (χ3n) is 7.72. The molecule has 0 aliphatic heterocycles. The van der Waals surface area contributed by atoms with Crippen molar-refractivity contribution in [2.75, 3.05) is 6.61 Å². The van der Waals surface area contributed by atoms with Gasteiger partial charge in [0.2, 0.25) is 0 Å². The van der Waals surface area contributed by atoms with Gasteiger partial charge in [-0.25, -0.2) is 4.98 Å². The molecule has 2 aliphatic carbocycles. The Hall–Kier alpha value is -2.70. The van der Waals surface area contributed by atoms with Crippen molar-refractivity contribution in [2.24, 2.45) is 16.7 Å². The summed E-state index contributed by atoms with van der Waals surface area (Å²) in [6, 6.07) is 7.18. The van der Waals surface area contributed by atoms with Crippen molar-refractivity contribution in [1.82, 2.24) is 15.3 Å². The second kappa shape index (κ2) is 7.52. The standard InChI is InChI=1S/C23H29N3O4/c1-22(2)14-10-11-23(22,3)17(12-14)25-19(27)13-30-20(28)9-8-18-24-16-7-5-4-6-15(16)21(29)26-18/h4-7,14,17H,8-13H2,1-3H3,(H,25,27)(H,24,26,29)/t14-,17+,23-/m0/s1. The van der Waals surface area contributed by atoms with E-state index in [1.807, 2.05) is 6.07 Å². The number of ether oxygens (including phenoxy) is 1. The molecule has 0 radical (unpaired) electrons. The molecular formula is C23H29N3O4. The third-order valence-corrected chi connectivity index (χ3v) is 7.72. The third kappa shape index (κ3) is 3.50. The summed E-state index contributed by atoms with van der Waals surface area (Å²) in [5.74, 6) is 0.319. The number of aromatic amines is 1. The summed E-state index contributed by atoms with van der Waals surface area (Å²) in [7, 11) is 0. The van der Waals surface area contributed by atoms with Gasteiger partial charge < -0.3 is 15.0 Å². The van der Waals surface area contributed by atoms with Crippen molar-refractivity contribution in [3.63, 3.8) is 0 Å². The normalized spacial score (nSPS) is 26.6. The molecule has 2 bridgehead atoms. The predicted octanol–water partition coefficient (Wildman–Crippen LogP) is 2.73. The van der Waals surface area contributed by atoms with E-state index in [1.165, 1.54) is 6.42 Å². The monoisotopic (exact) mass is 411 g/mol. The van der Waals surface area contributed by atoms with Gasteiger partial charge in [0.25, 0.3) is 11.5 Å². The maximum atomic E-state index is 12.4. The number of carbonyl (C=O) groups is 2. The predicted molar refractivity (Wildman–Crippen MR) is 113 cm³/mol. The fourth-order valence-corrected chi connectivity index (χ4v) is 5.35. The van der Waals surface area contributed by atoms with Gasteiger partial charge >= 0.3 is 5.97 Å². The number of nitrogens with one attached hydrogen (secondary N) is 2. The summed E-state index contributed by atoms with van der Waals surface area (Å²) in [4.78, 5) is 43.6. The first kappa shape index (κ1) is 20.6. The molecule has 1 aromatic carbocycles. The minimum atomic E-state index is -0.486. The average molecular weight is 412 g/mol. The Morgan fingerprint density at radius 1 is 1.27 bits per heavy atom. The van der Waals surface area contributed by atoms with Crippen molar-refractivity contribution in [1.29, 1.82) is 0 Å². The summed E-state index contributed by atoms with van der Waals surface area (Å²) < 4.78 is 5.15. The van der Waals surface area contributed by atoms with E-state index in [4.69, 9.17) is 4.74 Å². The number of para-hydroxylation sites is 1. The Kier molecular flexibility index (Phi) is 5.16. The lowest BCUT2D eigenvalue weighted by Crippen LogP contribution is -2.48. The van der Waals surface area contributed by atoms with E-state index in [1.54, 1.807) is 18.2 Å². The van der Waals surface area contributed by atoms with Crippen molar-refractivity contribution in [2.45, 2.75) is 58.9 Å². The number of hydrogen-bond acceptors (Lipinski definition) is 5. The zero-order chi connectivity index (χ0) is 21.5. The van der Waals surface area contributed by atoms with Crippen LogP contribution < -0.4 is 10.9 Å². The first-order valence-corrected chi connectivity index (χ1v) is 10.6. The van der Waals surface area contributed by atoms with Gasteiger partial charge in [-0.1, -0.05) is 32.9 Å². The molecule has 0 saturated heterocycles. The molecule has 160 valence electrons. The molecule has 1 heterocycles. The summed E-state index contributed by atoms with van der Waals surface area (Å²) in [6.45, 7) is 6.57. The second-order valence-corrected chi connectivity index (χ2v) is 9.42. The lowest BCUT2D eigenvalue weighted by Gasteiger charge is -2.39. The van der Waals surface area contributed by atoms with Crippen LogP contribution in [0.25, 0.3) is 10.9 Å². The second-order valence-electron chi connectivity index (χ2n) is 9.42. The van der Waals surface area contributed by atoms with Gasteiger partial charge in [-0.05, 0) is 48.1 Å². The average Bonchev–Trinajstić information content (AvgIpc) is 3.04. The minimum absolute atomic E-state index is 0.0464. The number of H-pyrrole nitrogens is 1. The number of rotatable bonds is 6. The molecule has 3 atom stereocenters. The van der Waals surface area contributed by atoms with E-state index >= 15 is 0 Å². The van der Waals surface area contributed by atoms with Crippen LogP contribution in [0.2, 0.25) is 0 Å². The molecule has 1 amide bonds. The van der Waals surface area contributed by atoms with Crippen molar-refractivity contribution in [3.8, 4) is 0 Å². The van der Waals surface area contributed by atoms with E-state index in [9.17, 15) is 14.4 Å². The lowest BCUT2D eigenvalue weighted by atomic mass is 9.69. The summed E-state index contributed by atoms with van der Waals surface area (Å²) >= 11 is 0. The van der Waals surface area contributed by atoms with Crippen LogP contribution in [0.1, 0.15) is 52.3 Å². The number of amides is 1. The highest BCUT2D eigenvalue weighted by atomic mass is 16.5. The molecule has 7 nitrogen and oxygen atoms in total. The van der Waals surface area contributed by atoms with Crippen LogP contribution in [0.3, 0.4) is 0 Å². The van der Waals surface area contributed by atoms with E-state index in [2.05, 4.69) is 36.1 Å². The number of fused-ring (bicyclic) bond motifs is 3. The zero-order valence-corrected chi connectivity index (χ0v) is 17.8. The molecule has 1 aromatic heterocycles. The molecule has 2 aliphatic rings. The Balaban J connectivity index is 1.26. The number of benzene rings is 1. The minimum Gasteiger partial charge on any atom is -0.456 e. The van der Waals surface area contributed by atoms with Crippen LogP contribution in [0.4, 0.5) is 0 Å². The number of carbonyl (C=O) groups excluding carboxylic acids is 2. The van der Waals surface area contributed by atoms with Crippen LogP contribution in [0.15, 0.2) is 29.1 Å². The Bertz CT molecular complexity index is 1040. The maximum Gasteiger partial charge on any atom is 0.306 e. The van der Waals surface area contributed by atoms with E-state index in [0.717, 1.165) is 12.8 Å². The summed E-state index contributed by atoms with van der Waals surface area (Å²) in [5.41, 5.74) is 0.660. The quantitative estimate of drug-likeness (QED) is 0.712. The number of nitrogens with zero attached hydrogens (tertiary/aromatic N) is 1. The number of aryl methyl sites for hydroxylation is 1. The lowest BCUT2D eigenvalue weighted by molar-refractivity contribution is -0.149. The molecule has 2 fully saturated rings. The van der Waals surface area contributed by atoms with Gasteiger partial charge in [0.05, 0.1) is 17.3 Å². The van der Waals surface area contributed by atoms with E-state index < -0.39 is 5.97 Å². The van der Waals surface area contributed by atoms with Gasteiger partial charge in [-0.3, -0.25) is 14.4 Å². The van der Waals surface area contributed by atoms with Gasteiger partial charge in [0.15, 0.2) is 6.61 Å². The molecule has 0 unspecified atom stereocenters. The Labute approximate surface area is 175 Å². The van der Waals surface area contributed by atoms with Gasteiger partial charge in [0.1, 0.15) is 5.82 Å². The number of aromatic nitrogens is 2. The first-order valence-electron chi connectivity index (χ1n) is 10.6. The highest BCUT2D eigenvalue weighted by Crippen LogP contribution is 2.65. The molecule has 2 saturated carbocycles. The highest BCUT2D eigenvalue weighted by Gasteiger charge is 2.61. The maximum absolute atomic E-state index is 12.4. The Morgan fingerprint density at radius 3 is 2.73 bits per heavy atom. The van der Waals surface area contributed by atoms with Crippen molar-refractivity contribution >= 4 is 22.8 Å².